The first-order valence-corrected chi connectivity index (χ1v) is 11.4. The summed E-state index contributed by atoms with van der Waals surface area (Å²) in [5, 5.41) is 14.5. The van der Waals surface area contributed by atoms with Gasteiger partial charge in [0.15, 0.2) is 9.84 Å². The lowest BCUT2D eigenvalue weighted by Gasteiger charge is -2.10. The highest BCUT2D eigenvalue weighted by atomic mass is 32.2. The van der Waals surface area contributed by atoms with Gasteiger partial charge in [0, 0.05) is 19.3 Å². The van der Waals surface area contributed by atoms with Gasteiger partial charge in [-0.25, -0.2) is 13.4 Å². The monoisotopic (exact) mass is 436 g/mol. The Bertz CT molecular complexity index is 1360. The first-order valence-electron chi connectivity index (χ1n) is 9.52. The van der Waals surface area contributed by atoms with Crippen molar-refractivity contribution in [2.45, 2.75) is 18.0 Å². The first kappa shape index (κ1) is 20.5. The molecule has 1 aromatic heterocycles. The maximum absolute atomic E-state index is 11.9. The van der Waals surface area contributed by atoms with Crippen LogP contribution >= 0.6 is 0 Å². The molecule has 31 heavy (non-hydrogen) atoms. The number of hydrogen-bond acceptors (Lipinski definition) is 6. The van der Waals surface area contributed by atoms with Gasteiger partial charge in [-0.15, -0.1) is 0 Å². The highest BCUT2D eigenvalue weighted by molar-refractivity contribution is 7.90. The molecule has 0 bridgehead atoms. The Labute approximate surface area is 179 Å². The normalized spacial score (nSPS) is 11.5. The van der Waals surface area contributed by atoms with Gasteiger partial charge in [-0.3, -0.25) is 10.1 Å². The molecule has 0 saturated carbocycles. The maximum atomic E-state index is 11.9. The summed E-state index contributed by atoms with van der Waals surface area (Å²) in [5.74, 6) is 0. The molecule has 0 atom stereocenters. The Hall–Kier alpha value is -3.72. The molecule has 0 aliphatic carbocycles. The number of nitro benzene ring substituents is 1. The van der Waals surface area contributed by atoms with Crippen molar-refractivity contribution in [1.29, 1.82) is 0 Å². The van der Waals surface area contributed by atoms with Crippen LogP contribution in [0.2, 0.25) is 0 Å². The molecular formula is C22H20N4O4S. The third-order valence-corrected chi connectivity index (χ3v) is 6.10. The van der Waals surface area contributed by atoms with Crippen molar-refractivity contribution in [3.05, 3.63) is 94.3 Å². The number of imidazole rings is 1. The van der Waals surface area contributed by atoms with Gasteiger partial charge in [0.25, 0.3) is 0 Å². The molecule has 0 aliphatic heterocycles. The number of rotatable bonds is 7. The average Bonchev–Trinajstić information content (AvgIpc) is 3.15. The number of para-hydroxylation sites is 3. The van der Waals surface area contributed by atoms with E-state index in [2.05, 4.69) is 14.9 Å². The van der Waals surface area contributed by atoms with Crippen LogP contribution in [0.3, 0.4) is 0 Å². The molecule has 0 spiro atoms. The van der Waals surface area contributed by atoms with Crippen LogP contribution in [-0.2, 0) is 22.9 Å². The zero-order chi connectivity index (χ0) is 22.0. The second-order valence-corrected chi connectivity index (χ2v) is 9.20. The lowest BCUT2D eigenvalue weighted by Crippen LogP contribution is -2.08. The first-order chi connectivity index (χ1) is 14.8. The van der Waals surface area contributed by atoms with Gasteiger partial charge >= 0.3 is 5.69 Å². The quantitative estimate of drug-likeness (QED) is 0.346. The number of sulfone groups is 1. The molecule has 3 aromatic carbocycles. The van der Waals surface area contributed by atoms with Gasteiger partial charge in [-0.1, -0.05) is 42.5 Å². The van der Waals surface area contributed by atoms with E-state index in [-0.39, 0.29) is 10.6 Å². The molecule has 1 heterocycles. The summed E-state index contributed by atoms with van der Waals surface area (Å²) in [6, 6.07) is 20.0. The van der Waals surface area contributed by atoms with Crippen LogP contribution in [0.1, 0.15) is 11.1 Å². The Morgan fingerprint density at radius 3 is 2.42 bits per heavy atom. The molecule has 0 saturated heterocycles. The third-order valence-electron chi connectivity index (χ3n) is 4.97. The summed E-state index contributed by atoms with van der Waals surface area (Å²) in [4.78, 5) is 14.9. The molecule has 4 rings (SSSR count). The number of fused-ring (bicyclic) bond motifs is 1. The SMILES string of the molecule is CS(=O)(=O)c1cccc(NCc2ccc(Cn3cnc4ccccc43)cc2)c1[N+](=O)[O-]. The molecule has 4 aromatic rings. The van der Waals surface area contributed by atoms with E-state index in [0.29, 0.717) is 13.1 Å². The number of aromatic nitrogens is 2. The van der Waals surface area contributed by atoms with Crippen LogP contribution in [0, 0.1) is 10.1 Å². The number of nitrogens with one attached hydrogen (secondary N) is 1. The fourth-order valence-corrected chi connectivity index (χ4v) is 4.31. The largest absolute Gasteiger partial charge is 0.375 e. The van der Waals surface area contributed by atoms with Crippen molar-refractivity contribution < 1.29 is 13.3 Å². The van der Waals surface area contributed by atoms with Crippen LogP contribution in [0.4, 0.5) is 11.4 Å². The van der Waals surface area contributed by atoms with Crippen LogP contribution in [0.5, 0.6) is 0 Å². The topological polar surface area (TPSA) is 107 Å². The minimum atomic E-state index is -3.72. The maximum Gasteiger partial charge on any atom is 0.310 e. The number of anilines is 1. The molecule has 0 radical (unpaired) electrons. The fraction of sp³-hybridized carbons (Fsp3) is 0.136. The van der Waals surface area contributed by atoms with Crippen molar-refractivity contribution >= 4 is 32.2 Å². The summed E-state index contributed by atoms with van der Waals surface area (Å²) >= 11 is 0. The Balaban J connectivity index is 1.50. The van der Waals surface area contributed by atoms with Gasteiger partial charge in [-0.05, 0) is 35.4 Å². The van der Waals surface area contributed by atoms with E-state index in [1.54, 1.807) is 0 Å². The van der Waals surface area contributed by atoms with Crippen LogP contribution in [-0.4, -0.2) is 29.1 Å². The zero-order valence-corrected chi connectivity index (χ0v) is 17.5. The molecule has 0 fully saturated rings. The van der Waals surface area contributed by atoms with Gasteiger partial charge in [-0.2, -0.15) is 0 Å². The third kappa shape index (κ3) is 4.41. The minimum absolute atomic E-state index is 0.168. The molecule has 0 unspecified atom stereocenters. The van der Waals surface area contributed by atoms with E-state index in [4.69, 9.17) is 0 Å². The number of hydrogen-bond donors (Lipinski definition) is 1. The van der Waals surface area contributed by atoms with Crippen molar-refractivity contribution in [2.75, 3.05) is 11.6 Å². The molecule has 1 N–H and O–H groups in total. The molecule has 0 amide bonds. The summed E-state index contributed by atoms with van der Waals surface area (Å²) < 4.78 is 25.9. The van der Waals surface area contributed by atoms with E-state index >= 15 is 0 Å². The summed E-state index contributed by atoms with van der Waals surface area (Å²) in [5.41, 5.74) is 3.75. The highest BCUT2D eigenvalue weighted by Gasteiger charge is 2.25. The van der Waals surface area contributed by atoms with Crippen molar-refractivity contribution in [2.24, 2.45) is 0 Å². The van der Waals surface area contributed by atoms with Gasteiger partial charge in [0.1, 0.15) is 10.6 Å². The second-order valence-electron chi connectivity index (χ2n) is 7.21. The molecule has 9 heteroatoms. The van der Waals surface area contributed by atoms with Gasteiger partial charge in [0.05, 0.1) is 22.3 Å². The van der Waals surface area contributed by atoms with Gasteiger partial charge in [0.2, 0.25) is 0 Å². The van der Waals surface area contributed by atoms with E-state index in [1.807, 2.05) is 54.9 Å². The number of nitrogens with zero attached hydrogens (tertiary/aromatic N) is 3. The summed E-state index contributed by atoms with van der Waals surface area (Å²) in [6.45, 7) is 0.998. The van der Waals surface area contributed by atoms with Crippen molar-refractivity contribution in [3.63, 3.8) is 0 Å². The van der Waals surface area contributed by atoms with E-state index in [9.17, 15) is 18.5 Å². The predicted molar refractivity (Wildman–Crippen MR) is 119 cm³/mol. The summed E-state index contributed by atoms with van der Waals surface area (Å²) in [6.07, 6.45) is 2.77. The standard InChI is InChI=1S/C22H20N4O4S/c1-31(29,30)21-8-4-6-19(22(21)26(27)28)23-13-16-9-11-17(12-10-16)14-25-15-24-18-5-2-3-7-20(18)25/h2-12,15,23H,13-14H2,1H3. The van der Waals surface area contributed by atoms with Gasteiger partial charge < -0.3 is 9.88 Å². The number of benzene rings is 3. The highest BCUT2D eigenvalue weighted by Crippen LogP contribution is 2.32. The van der Waals surface area contributed by atoms with E-state index in [0.717, 1.165) is 28.4 Å². The minimum Gasteiger partial charge on any atom is -0.375 e. The van der Waals surface area contributed by atoms with Crippen molar-refractivity contribution in [1.82, 2.24) is 9.55 Å². The summed E-state index contributed by atoms with van der Waals surface area (Å²) in [7, 11) is -3.72. The Morgan fingerprint density at radius 1 is 1.00 bits per heavy atom. The second kappa shape index (κ2) is 8.19. The molecule has 8 nitrogen and oxygen atoms in total. The average molecular weight is 436 g/mol. The van der Waals surface area contributed by atoms with Crippen LogP contribution in [0.25, 0.3) is 11.0 Å². The van der Waals surface area contributed by atoms with Crippen molar-refractivity contribution in [3.8, 4) is 0 Å². The lowest BCUT2D eigenvalue weighted by atomic mass is 10.1. The molecular weight excluding hydrogens is 416 g/mol. The lowest BCUT2D eigenvalue weighted by molar-refractivity contribution is -0.386. The van der Waals surface area contributed by atoms with E-state index in [1.165, 1.54) is 18.2 Å². The zero-order valence-electron chi connectivity index (χ0n) is 16.7. The Kier molecular flexibility index (Phi) is 5.43. The Morgan fingerprint density at radius 2 is 1.71 bits per heavy atom. The van der Waals surface area contributed by atoms with Crippen LogP contribution < -0.4 is 5.32 Å². The van der Waals surface area contributed by atoms with Crippen LogP contribution in [0.15, 0.2) is 78.0 Å². The molecule has 158 valence electrons. The van der Waals surface area contributed by atoms with E-state index < -0.39 is 20.4 Å². The fourth-order valence-electron chi connectivity index (χ4n) is 3.45. The number of nitro groups is 1. The smallest absolute Gasteiger partial charge is 0.310 e. The molecule has 0 aliphatic rings. The predicted octanol–water partition coefficient (Wildman–Crippen LogP) is 4.01.